The van der Waals surface area contributed by atoms with Gasteiger partial charge in [0.15, 0.2) is 0 Å². The second-order valence-electron chi connectivity index (χ2n) is 12.6. The number of nitrogens with zero attached hydrogens (tertiary/aromatic N) is 4. The van der Waals surface area contributed by atoms with Crippen LogP contribution in [0, 0.1) is 5.92 Å². The molecule has 8 amide bonds. The number of amides is 8. The molecule has 5 N–H and O–H groups in total. The highest BCUT2D eigenvalue weighted by molar-refractivity contribution is 5.97. The zero-order valence-electron chi connectivity index (χ0n) is 27.1. The Bertz CT molecular complexity index is 1370. The van der Waals surface area contributed by atoms with Gasteiger partial charge in [-0.25, -0.2) is 4.79 Å². The molecule has 256 valence electrons. The van der Waals surface area contributed by atoms with E-state index in [1.165, 1.54) is 21.7 Å². The third-order valence-electron chi connectivity index (χ3n) is 8.61. The average molecular weight is 657 g/mol. The first-order valence-electron chi connectivity index (χ1n) is 15.7. The standard InChI is InChI=1S/C31H44N8O8/c1-18(2)26-28(44)33-21(12-19-8-6-5-7-9-19)30(46)39-14-20(32-25(42)16-38-11-10-36(3)31(38)47)13-23(39)27(43)34-22(17-40)29(45)37(4)15-24(41)35-26/h5-9,18,20-23,26,40H,10-17H2,1-4H3,(H,32,42)(H,33,44)(H,34,43)(H,35,41)/t20-,21-,22-,23-,26+/m0/s1. The SMILES string of the molecule is CC(C)[C@H]1NC(=O)CN(C)C(=O)[C@H](CO)NC(=O)[C@@H]2C[C@H](NC(=O)CN3CCN(C)C3=O)CN2C(=O)[C@H](Cc2ccccc2)NC1=O. The van der Waals surface area contributed by atoms with Gasteiger partial charge >= 0.3 is 6.03 Å². The number of hydrogen-bond donors (Lipinski definition) is 5. The fourth-order valence-electron chi connectivity index (χ4n) is 6.01. The topological polar surface area (TPSA) is 201 Å². The van der Waals surface area contributed by atoms with Crippen molar-refractivity contribution in [2.24, 2.45) is 5.92 Å². The van der Waals surface area contributed by atoms with Crippen LogP contribution in [0.25, 0.3) is 0 Å². The molecule has 0 spiro atoms. The summed E-state index contributed by atoms with van der Waals surface area (Å²) in [6.45, 7) is 2.79. The predicted octanol–water partition coefficient (Wildman–Crippen LogP) is -2.74. The molecule has 47 heavy (non-hydrogen) atoms. The first kappa shape index (κ1) is 35.1. The van der Waals surface area contributed by atoms with Crippen LogP contribution in [0.4, 0.5) is 4.79 Å². The molecule has 4 rings (SSSR count). The largest absolute Gasteiger partial charge is 0.394 e. The van der Waals surface area contributed by atoms with E-state index in [1.54, 1.807) is 45.2 Å². The van der Waals surface area contributed by atoms with Crippen LogP contribution in [0.3, 0.4) is 0 Å². The number of carbonyl (C=O) groups excluding carboxylic acids is 7. The molecule has 1 aromatic carbocycles. The van der Waals surface area contributed by atoms with Crippen molar-refractivity contribution in [1.82, 2.24) is 40.9 Å². The normalized spacial score (nSPS) is 26.5. The molecule has 3 heterocycles. The Kier molecular flexibility index (Phi) is 11.4. The lowest BCUT2D eigenvalue weighted by atomic mass is 10.0. The fraction of sp³-hybridized carbons (Fsp3) is 0.581. The second kappa shape index (κ2) is 15.2. The molecule has 1 aromatic rings. The van der Waals surface area contributed by atoms with Crippen molar-refractivity contribution in [1.29, 1.82) is 0 Å². The Morgan fingerprint density at radius 2 is 1.60 bits per heavy atom. The molecule has 0 bridgehead atoms. The molecule has 16 nitrogen and oxygen atoms in total. The summed E-state index contributed by atoms with van der Waals surface area (Å²) < 4.78 is 0. The Labute approximate surface area is 273 Å². The molecule has 0 saturated carbocycles. The van der Waals surface area contributed by atoms with E-state index in [1.807, 2.05) is 6.07 Å². The van der Waals surface area contributed by atoms with Crippen LogP contribution < -0.4 is 21.3 Å². The van der Waals surface area contributed by atoms with Gasteiger partial charge in [-0.1, -0.05) is 44.2 Å². The molecule has 0 aliphatic carbocycles. The van der Waals surface area contributed by atoms with E-state index in [-0.39, 0.29) is 32.0 Å². The Morgan fingerprint density at radius 1 is 0.915 bits per heavy atom. The number of carbonyl (C=O) groups is 7. The highest BCUT2D eigenvalue weighted by atomic mass is 16.3. The number of benzene rings is 1. The van der Waals surface area contributed by atoms with Gasteiger partial charge in [-0.2, -0.15) is 0 Å². The molecule has 3 aliphatic rings. The van der Waals surface area contributed by atoms with Crippen LogP contribution in [0.2, 0.25) is 0 Å². The van der Waals surface area contributed by atoms with Crippen molar-refractivity contribution in [3.63, 3.8) is 0 Å². The molecule has 0 unspecified atom stereocenters. The van der Waals surface area contributed by atoms with Gasteiger partial charge in [-0.05, 0) is 17.9 Å². The molecule has 0 aromatic heterocycles. The summed E-state index contributed by atoms with van der Waals surface area (Å²) in [5.74, 6) is -4.23. The number of likely N-dealkylation sites (N-methyl/N-ethyl adjacent to an activating group) is 2. The van der Waals surface area contributed by atoms with Gasteiger partial charge in [0.05, 0.1) is 13.2 Å². The maximum Gasteiger partial charge on any atom is 0.320 e. The summed E-state index contributed by atoms with van der Waals surface area (Å²) >= 11 is 0. The average Bonchev–Trinajstić information content (AvgIpc) is 3.59. The minimum absolute atomic E-state index is 0.0278. The number of rotatable bonds is 7. The summed E-state index contributed by atoms with van der Waals surface area (Å²) in [6, 6.07) is 3.17. The fourth-order valence-corrected chi connectivity index (χ4v) is 6.01. The smallest absolute Gasteiger partial charge is 0.320 e. The van der Waals surface area contributed by atoms with Crippen LogP contribution in [-0.2, 0) is 35.2 Å². The van der Waals surface area contributed by atoms with Crippen LogP contribution in [0.1, 0.15) is 25.8 Å². The van der Waals surface area contributed by atoms with Gasteiger partial charge in [-0.15, -0.1) is 0 Å². The summed E-state index contributed by atoms with van der Waals surface area (Å²) in [6.07, 6.45) is 0.0388. The summed E-state index contributed by atoms with van der Waals surface area (Å²) in [5, 5.41) is 20.8. The van der Waals surface area contributed by atoms with Crippen LogP contribution in [0.15, 0.2) is 30.3 Å². The second-order valence-corrected chi connectivity index (χ2v) is 12.6. The van der Waals surface area contributed by atoms with E-state index in [2.05, 4.69) is 21.3 Å². The zero-order chi connectivity index (χ0) is 34.4. The minimum Gasteiger partial charge on any atom is -0.394 e. The zero-order valence-corrected chi connectivity index (χ0v) is 27.1. The number of hydrogen-bond acceptors (Lipinski definition) is 8. The highest BCUT2D eigenvalue weighted by Crippen LogP contribution is 2.22. The van der Waals surface area contributed by atoms with Crippen LogP contribution in [-0.4, -0.2) is 150 Å². The van der Waals surface area contributed by atoms with Crippen molar-refractivity contribution in [3.05, 3.63) is 35.9 Å². The van der Waals surface area contributed by atoms with Gasteiger partial charge in [-0.3, -0.25) is 28.8 Å². The molecular formula is C31H44N8O8. The molecule has 0 radical (unpaired) electrons. The first-order valence-corrected chi connectivity index (χ1v) is 15.7. The monoisotopic (exact) mass is 656 g/mol. The molecule has 3 fully saturated rings. The molecule has 3 saturated heterocycles. The number of urea groups is 1. The lowest BCUT2D eigenvalue weighted by molar-refractivity contribution is -0.143. The predicted molar refractivity (Wildman–Crippen MR) is 167 cm³/mol. The molecule has 5 atom stereocenters. The van der Waals surface area contributed by atoms with E-state index in [0.717, 1.165) is 10.5 Å². The molecular weight excluding hydrogens is 612 g/mol. The van der Waals surface area contributed by atoms with Crippen molar-refractivity contribution in [2.75, 3.05) is 53.4 Å². The summed E-state index contributed by atoms with van der Waals surface area (Å²) in [7, 11) is 2.96. The number of aliphatic hydroxyl groups excluding tert-OH is 1. The number of fused-ring (bicyclic) bond motifs is 1. The quantitative estimate of drug-likeness (QED) is 0.208. The van der Waals surface area contributed by atoms with E-state index in [9.17, 15) is 38.7 Å². The van der Waals surface area contributed by atoms with E-state index < -0.39 is 84.7 Å². The van der Waals surface area contributed by atoms with E-state index in [0.29, 0.717) is 13.1 Å². The third kappa shape index (κ3) is 8.55. The van der Waals surface area contributed by atoms with Gasteiger partial charge in [0.1, 0.15) is 30.7 Å². The van der Waals surface area contributed by atoms with Gasteiger partial charge in [0.2, 0.25) is 35.4 Å². The van der Waals surface area contributed by atoms with Crippen molar-refractivity contribution in [2.45, 2.75) is 56.9 Å². The van der Waals surface area contributed by atoms with Crippen LogP contribution >= 0.6 is 0 Å². The van der Waals surface area contributed by atoms with Crippen LogP contribution in [0.5, 0.6) is 0 Å². The van der Waals surface area contributed by atoms with Crippen molar-refractivity contribution < 1.29 is 38.7 Å². The Balaban J connectivity index is 1.66. The van der Waals surface area contributed by atoms with Crippen molar-refractivity contribution in [3.8, 4) is 0 Å². The summed E-state index contributed by atoms with van der Waals surface area (Å²) in [4.78, 5) is 98.1. The highest BCUT2D eigenvalue weighted by Gasteiger charge is 2.44. The lowest BCUT2D eigenvalue weighted by Gasteiger charge is -2.30. The minimum atomic E-state index is -1.42. The third-order valence-corrected chi connectivity index (χ3v) is 8.61. The van der Waals surface area contributed by atoms with E-state index in [4.69, 9.17) is 0 Å². The maximum absolute atomic E-state index is 14.3. The Morgan fingerprint density at radius 3 is 2.21 bits per heavy atom. The van der Waals surface area contributed by atoms with Gasteiger partial charge in [0, 0.05) is 46.2 Å². The number of aliphatic hydroxyl groups is 1. The number of nitrogens with one attached hydrogen (secondary N) is 4. The first-order chi connectivity index (χ1) is 22.3. The van der Waals surface area contributed by atoms with Crippen molar-refractivity contribution >= 4 is 41.5 Å². The maximum atomic E-state index is 14.3. The summed E-state index contributed by atoms with van der Waals surface area (Å²) in [5.41, 5.74) is 0.729. The van der Waals surface area contributed by atoms with E-state index >= 15 is 0 Å². The molecule has 16 heteroatoms. The van der Waals surface area contributed by atoms with Gasteiger partial charge < -0.3 is 46.0 Å². The Hall–Kier alpha value is -4.73. The lowest BCUT2D eigenvalue weighted by Crippen LogP contribution is -2.58. The molecule has 3 aliphatic heterocycles. The van der Waals surface area contributed by atoms with Gasteiger partial charge in [0.25, 0.3) is 0 Å².